The molecule has 3 heteroatoms. The molecule has 0 N–H and O–H groups in total. The van der Waals surface area contributed by atoms with Gasteiger partial charge in [0, 0.05) is 24.6 Å². The van der Waals surface area contributed by atoms with Gasteiger partial charge >= 0.3 is 0 Å². The number of hydrogen-bond donors (Lipinski definition) is 0. The molecule has 3 nitrogen and oxygen atoms in total. The molecule has 3 fully saturated rings. The van der Waals surface area contributed by atoms with E-state index in [2.05, 4.69) is 24.0 Å². The summed E-state index contributed by atoms with van der Waals surface area (Å²) in [5.41, 5.74) is 4.78. The first-order valence-corrected chi connectivity index (χ1v) is 10.2. The number of aryl methyl sites for hydroxylation is 1. The second kappa shape index (κ2) is 5.99. The van der Waals surface area contributed by atoms with Gasteiger partial charge in [0.2, 0.25) is 0 Å². The standard InChI is InChI=1S/C22H31NO2/c1-15-11-17(24-2)12-19-18(15)13-20-21-22(19,7-4-10-25-21)8-9-23(20)14-16-5-3-6-16/h11-12,16,20-21H,3-10,13-14H2,1-2H3/t20-,21+,22+/m1/s1. The third kappa shape index (κ3) is 2.39. The minimum atomic E-state index is 0.228. The van der Waals surface area contributed by atoms with E-state index < -0.39 is 0 Å². The molecule has 2 bridgehead atoms. The summed E-state index contributed by atoms with van der Waals surface area (Å²) in [6, 6.07) is 5.14. The van der Waals surface area contributed by atoms with E-state index >= 15 is 0 Å². The van der Waals surface area contributed by atoms with Crippen LogP contribution in [0.15, 0.2) is 12.1 Å². The van der Waals surface area contributed by atoms with E-state index in [1.54, 1.807) is 18.2 Å². The lowest BCUT2D eigenvalue weighted by atomic mass is 9.58. The van der Waals surface area contributed by atoms with E-state index in [-0.39, 0.29) is 5.41 Å². The Balaban J connectivity index is 1.57. The predicted octanol–water partition coefficient (Wildman–Crippen LogP) is 3.85. The first kappa shape index (κ1) is 16.1. The Morgan fingerprint density at radius 2 is 2.12 bits per heavy atom. The molecule has 1 aromatic rings. The number of hydrogen-bond acceptors (Lipinski definition) is 3. The highest BCUT2D eigenvalue weighted by molar-refractivity contribution is 5.50. The molecule has 1 aromatic carbocycles. The molecular weight excluding hydrogens is 310 g/mol. The largest absolute Gasteiger partial charge is 0.497 e. The summed E-state index contributed by atoms with van der Waals surface area (Å²) in [6.07, 6.45) is 9.58. The average molecular weight is 341 g/mol. The van der Waals surface area contributed by atoms with E-state index in [4.69, 9.17) is 9.47 Å². The lowest BCUT2D eigenvalue weighted by molar-refractivity contribution is -0.131. The minimum Gasteiger partial charge on any atom is -0.497 e. The van der Waals surface area contributed by atoms with Gasteiger partial charge in [-0.15, -0.1) is 0 Å². The predicted molar refractivity (Wildman–Crippen MR) is 99.4 cm³/mol. The Bertz CT molecular complexity index is 668. The first-order chi connectivity index (χ1) is 12.2. The molecule has 25 heavy (non-hydrogen) atoms. The number of piperidine rings is 1. The average Bonchev–Trinajstić information content (AvgIpc) is 2.60. The minimum absolute atomic E-state index is 0.228. The molecule has 0 spiro atoms. The van der Waals surface area contributed by atoms with Gasteiger partial charge in [-0.05, 0) is 86.7 Å². The molecule has 1 saturated carbocycles. The highest BCUT2D eigenvalue weighted by Gasteiger charge is 2.55. The van der Waals surface area contributed by atoms with Crippen LogP contribution in [0.4, 0.5) is 0 Å². The van der Waals surface area contributed by atoms with Crippen molar-refractivity contribution in [2.24, 2.45) is 5.92 Å². The van der Waals surface area contributed by atoms with Gasteiger partial charge in [-0.1, -0.05) is 6.42 Å². The van der Waals surface area contributed by atoms with Crippen LogP contribution < -0.4 is 4.74 Å². The fourth-order valence-electron chi connectivity index (χ4n) is 6.07. The van der Waals surface area contributed by atoms with Crippen molar-refractivity contribution >= 4 is 0 Å². The third-order valence-electron chi connectivity index (χ3n) is 7.62. The van der Waals surface area contributed by atoms with Gasteiger partial charge in [-0.25, -0.2) is 0 Å². The summed E-state index contributed by atoms with van der Waals surface area (Å²) in [4.78, 5) is 2.80. The van der Waals surface area contributed by atoms with Gasteiger partial charge in [0.1, 0.15) is 5.75 Å². The maximum absolute atomic E-state index is 6.49. The molecule has 0 unspecified atom stereocenters. The molecule has 2 heterocycles. The Morgan fingerprint density at radius 3 is 2.88 bits per heavy atom. The van der Waals surface area contributed by atoms with Gasteiger partial charge in [0.15, 0.2) is 0 Å². The number of rotatable bonds is 3. The van der Waals surface area contributed by atoms with Crippen LogP contribution in [0.25, 0.3) is 0 Å². The molecule has 2 saturated heterocycles. The molecule has 4 aliphatic rings. The number of benzene rings is 1. The van der Waals surface area contributed by atoms with Crippen LogP contribution in [0.1, 0.15) is 55.2 Å². The number of ether oxygens (including phenoxy) is 2. The van der Waals surface area contributed by atoms with Crippen molar-refractivity contribution in [2.75, 3.05) is 26.8 Å². The van der Waals surface area contributed by atoms with Crippen molar-refractivity contribution < 1.29 is 9.47 Å². The van der Waals surface area contributed by atoms with E-state index in [1.165, 1.54) is 57.2 Å². The summed E-state index contributed by atoms with van der Waals surface area (Å²) in [7, 11) is 1.79. The summed E-state index contributed by atoms with van der Waals surface area (Å²) in [6.45, 7) is 5.76. The first-order valence-electron chi connectivity index (χ1n) is 10.2. The topological polar surface area (TPSA) is 21.7 Å². The van der Waals surface area contributed by atoms with Gasteiger partial charge < -0.3 is 9.47 Å². The van der Waals surface area contributed by atoms with Gasteiger partial charge in [-0.2, -0.15) is 0 Å². The van der Waals surface area contributed by atoms with E-state index in [9.17, 15) is 0 Å². The second-order valence-corrected chi connectivity index (χ2v) is 8.83. The molecule has 5 rings (SSSR count). The number of nitrogens with zero attached hydrogens (tertiary/aromatic N) is 1. The monoisotopic (exact) mass is 341 g/mol. The highest BCUT2D eigenvalue weighted by atomic mass is 16.5. The molecule has 136 valence electrons. The van der Waals surface area contributed by atoms with Crippen molar-refractivity contribution in [3.05, 3.63) is 28.8 Å². The van der Waals surface area contributed by atoms with Gasteiger partial charge in [0.25, 0.3) is 0 Å². The van der Waals surface area contributed by atoms with Crippen molar-refractivity contribution in [3.8, 4) is 5.75 Å². The van der Waals surface area contributed by atoms with Crippen LogP contribution in [0.5, 0.6) is 5.75 Å². The van der Waals surface area contributed by atoms with Crippen molar-refractivity contribution in [3.63, 3.8) is 0 Å². The summed E-state index contributed by atoms with van der Waals surface area (Å²) in [5.74, 6) is 1.96. The number of fused-ring (bicyclic) bond motifs is 1. The van der Waals surface area contributed by atoms with E-state index in [0.29, 0.717) is 12.1 Å². The molecule has 2 aliphatic heterocycles. The van der Waals surface area contributed by atoms with Crippen LogP contribution in [0, 0.1) is 12.8 Å². The zero-order valence-corrected chi connectivity index (χ0v) is 15.7. The lowest BCUT2D eigenvalue weighted by Crippen LogP contribution is -2.66. The van der Waals surface area contributed by atoms with Crippen LogP contribution >= 0.6 is 0 Å². The van der Waals surface area contributed by atoms with Crippen LogP contribution in [-0.4, -0.2) is 43.9 Å². The Labute approximate surface area is 151 Å². The van der Waals surface area contributed by atoms with Gasteiger partial charge in [-0.3, -0.25) is 4.90 Å². The van der Waals surface area contributed by atoms with Crippen molar-refractivity contribution in [1.29, 1.82) is 0 Å². The molecule has 0 amide bonds. The quantitative estimate of drug-likeness (QED) is 0.833. The fraction of sp³-hybridized carbons (Fsp3) is 0.727. The normalized spacial score (nSPS) is 34.8. The zero-order valence-electron chi connectivity index (χ0n) is 15.7. The maximum Gasteiger partial charge on any atom is 0.119 e. The second-order valence-electron chi connectivity index (χ2n) is 8.83. The van der Waals surface area contributed by atoms with Crippen LogP contribution in [0.3, 0.4) is 0 Å². The highest BCUT2D eigenvalue weighted by Crippen LogP contribution is 2.52. The number of methoxy groups -OCH3 is 1. The Kier molecular flexibility index (Phi) is 3.87. The molecular formula is C22H31NO2. The molecule has 0 aromatic heterocycles. The van der Waals surface area contributed by atoms with Crippen LogP contribution in [-0.2, 0) is 16.6 Å². The molecule has 0 radical (unpaired) electrons. The molecule has 3 atom stereocenters. The van der Waals surface area contributed by atoms with Crippen molar-refractivity contribution in [2.45, 2.75) is 69.4 Å². The van der Waals surface area contributed by atoms with E-state index in [0.717, 1.165) is 24.7 Å². The maximum atomic E-state index is 6.49. The van der Waals surface area contributed by atoms with Crippen molar-refractivity contribution in [1.82, 2.24) is 4.90 Å². The number of likely N-dealkylation sites (tertiary alicyclic amines) is 1. The summed E-state index contributed by atoms with van der Waals surface area (Å²) < 4.78 is 12.1. The smallest absolute Gasteiger partial charge is 0.119 e. The Hall–Kier alpha value is -1.06. The Morgan fingerprint density at radius 1 is 1.24 bits per heavy atom. The fourth-order valence-corrected chi connectivity index (χ4v) is 6.07. The lowest BCUT2D eigenvalue weighted by Gasteiger charge is -2.59. The molecule has 2 aliphatic carbocycles. The third-order valence-corrected chi connectivity index (χ3v) is 7.62. The summed E-state index contributed by atoms with van der Waals surface area (Å²) in [5, 5.41) is 0. The zero-order chi connectivity index (χ0) is 17.0. The van der Waals surface area contributed by atoms with Crippen LogP contribution in [0.2, 0.25) is 0 Å². The van der Waals surface area contributed by atoms with Gasteiger partial charge in [0.05, 0.1) is 13.2 Å². The van der Waals surface area contributed by atoms with E-state index in [1.807, 2.05) is 0 Å². The SMILES string of the molecule is COc1cc(C)c2c(c1)[C@@]13CCCO[C@H]1[C@@H](C2)N(CC1CCC1)CC3. The summed E-state index contributed by atoms with van der Waals surface area (Å²) >= 11 is 0.